The second kappa shape index (κ2) is 6.26. The molecule has 32 heavy (non-hydrogen) atoms. The molecule has 3 aromatic rings. The van der Waals surface area contributed by atoms with E-state index in [-0.39, 0.29) is 28.6 Å². The lowest BCUT2D eigenvalue weighted by Crippen LogP contribution is -2.35. The summed E-state index contributed by atoms with van der Waals surface area (Å²) in [4.78, 5) is 25.5. The molecule has 1 unspecified atom stereocenters. The molecule has 7 heteroatoms. The van der Waals surface area contributed by atoms with Gasteiger partial charge in [-0.05, 0) is 68.1 Å². The maximum atomic E-state index is 13.3. The summed E-state index contributed by atoms with van der Waals surface area (Å²) in [6.45, 7) is 6.82. The summed E-state index contributed by atoms with van der Waals surface area (Å²) in [5, 5.41) is 30.2. The third-order valence-corrected chi connectivity index (χ3v) is 6.53. The Kier molecular flexibility index (Phi) is 3.90. The molecule has 2 heterocycles. The summed E-state index contributed by atoms with van der Waals surface area (Å²) < 4.78 is 12.2. The van der Waals surface area contributed by atoms with Crippen molar-refractivity contribution in [2.75, 3.05) is 0 Å². The molecular formula is C25H20O7. The van der Waals surface area contributed by atoms with E-state index < -0.39 is 17.5 Å². The molecule has 2 aliphatic heterocycles. The number of hydrogen-bond acceptors (Lipinski definition) is 6. The fourth-order valence-corrected chi connectivity index (χ4v) is 5.19. The van der Waals surface area contributed by atoms with Crippen molar-refractivity contribution in [3.63, 3.8) is 0 Å². The van der Waals surface area contributed by atoms with Crippen LogP contribution >= 0.6 is 0 Å². The van der Waals surface area contributed by atoms with Crippen LogP contribution in [-0.4, -0.2) is 27.3 Å². The van der Waals surface area contributed by atoms with E-state index in [9.17, 15) is 24.9 Å². The van der Waals surface area contributed by atoms with Crippen LogP contribution in [0.4, 0.5) is 0 Å². The molecule has 0 aliphatic carbocycles. The van der Waals surface area contributed by atoms with E-state index in [1.54, 1.807) is 33.8 Å². The number of carboxylic acid groups (broad SMARTS) is 1. The van der Waals surface area contributed by atoms with Crippen molar-refractivity contribution in [1.29, 1.82) is 0 Å². The number of esters is 1. The summed E-state index contributed by atoms with van der Waals surface area (Å²) in [5.41, 5.74) is 2.41. The lowest BCUT2D eigenvalue weighted by molar-refractivity contribution is 0.0221. The monoisotopic (exact) mass is 432 g/mol. The van der Waals surface area contributed by atoms with Gasteiger partial charge in [-0.15, -0.1) is 0 Å². The van der Waals surface area contributed by atoms with Crippen molar-refractivity contribution in [3.05, 3.63) is 80.4 Å². The summed E-state index contributed by atoms with van der Waals surface area (Å²) in [5.74, 6) is -1.24. The number of aryl methyl sites for hydroxylation is 1. The highest BCUT2D eigenvalue weighted by atomic mass is 16.6. The van der Waals surface area contributed by atoms with Crippen molar-refractivity contribution < 1.29 is 34.4 Å². The molecule has 0 saturated heterocycles. The average Bonchev–Trinajstić information content (AvgIpc) is 2.98. The van der Waals surface area contributed by atoms with E-state index in [0.29, 0.717) is 44.5 Å². The number of carbonyl (C=O) groups excluding carboxylic acids is 1. The molecule has 1 atom stereocenters. The largest absolute Gasteiger partial charge is 0.508 e. The highest BCUT2D eigenvalue weighted by Crippen LogP contribution is 2.59. The summed E-state index contributed by atoms with van der Waals surface area (Å²) in [6, 6.07) is 7.43. The van der Waals surface area contributed by atoms with Crippen LogP contribution in [0.25, 0.3) is 0 Å². The maximum absolute atomic E-state index is 13.3. The van der Waals surface area contributed by atoms with Crippen LogP contribution in [-0.2, 0) is 10.3 Å². The Labute approximate surface area is 183 Å². The third kappa shape index (κ3) is 2.30. The number of carbonyl (C=O) groups is 2. The molecule has 1 spiro atoms. The van der Waals surface area contributed by atoms with Crippen molar-refractivity contribution in [2.24, 2.45) is 0 Å². The molecule has 0 bridgehead atoms. The Balaban J connectivity index is 2.02. The van der Waals surface area contributed by atoms with E-state index in [1.807, 2.05) is 0 Å². The average molecular weight is 432 g/mol. The van der Waals surface area contributed by atoms with Crippen molar-refractivity contribution in [2.45, 2.75) is 33.3 Å². The standard InChI is InChI=1S/C25H20O7/c1-10-7-15(27)9-18-21(10)25(16-6-5-14(26)8-17(16)31-18)22-13(4)19(23(28)29)11(2)12(3)20(22)24(30)32-25/h5-9,26-27H,1-4H3,(H,28,29). The fourth-order valence-electron chi connectivity index (χ4n) is 5.19. The van der Waals surface area contributed by atoms with E-state index in [2.05, 4.69) is 0 Å². The van der Waals surface area contributed by atoms with Gasteiger partial charge in [0.05, 0.1) is 16.7 Å². The number of phenolic OH excluding ortho intramolecular Hbond substituents is 2. The lowest BCUT2D eigenvalue weighted by Gasteiger charge is -2.38. The summed E-state index contributed by atoms with van der Waals surface area (Å²) >= 11 is 0. The molecule has 0 amide bonds. The molecule has 0 aromatic heterocycles. The molecule has 2 aliphatic rings. The SMILES string of the molecule is Cc1cc(O)cc2c1C1(OC(=O)c3c(C)c(C)c(C(=O)O)c(C)c31)c1ccc(O)cc1O2. The minimum Gasteiger partial charge on any atom is -0.508 e. The predicted octanol–water partition coefficient (Wildman–Crippen LogP) is 4.60. The number of hydrogen-bond donors (Lipinski definition) is 3. The van der Waals surface area contributed by atoms with Gasteiger partial charge in [0.2, 0.25) is 0 Å². The van der Waals surface area contributed by atoms with Crippen LogP contribution in [0.3, 0.4) is 0 Å². The number of rotatable bonds is 1. The summed E-state index contributed by atoms with van der Waals surface area (Å²) in [6.07, 6.45) is 0. The Hall–Kier alpha value is -4.00. The Morgan fingerprint density at radius 2 is 1.56 bits per heavy atom. The normalized spacial score (nSPS) is 17.9. The van der Waals surface area contributed by atoms with Crippen LogP contribution in [0.15, 0.2) is 30.3 Å². The first-order valence-corrected chi connectivity index (χ1v) is 10.0. The van der Waals surface area contributed by atoms with Gasteiger partial charge in [0.1, 0.15) is 23.0 Å². The van der Waals surface area contributed by atoms with E-state index >= 15 is 0 Å². The van der Waals surface area contributed by atoms with Gasteiger partial charge >= 0.3 is 11.9 Å². The first-order valence-electron chi connectivity index (χ1n) is 10.0. The van der Waals surface area contributed by atoms with Crippen LogP contribution in [0.2, 0.25) is 0 Å². The fraction of sp³-hybridized carbons (Fsp3) is 0.200. The highest BCUT2D eigenvalue weighted by molar-refractivity contribution is 6.03. The second-order valence-electron chi connectivity index (χ2n) is 8.29. The Bertz CT molecular complexity index is 1390. The van der Waals surface area contributed by atoms with Gasteiger partial charge in [0.25, 0.3) is 0 Å². The molecular weight excluding hydrogens is 412 g/mol. The lowest BCUT2D eigenvalue weighted by atomic mass is 9.72. The smallest absolute Gasteiger partial charge is 0.340 e. The summed E-state index contributed by atoms with van der Waals surface area (Å²) in [7, 11) is 0. The van der Waals surface area contributed by atoms with Crippen LogP contribution in [0.5, 0.6) is 23.0 Å². The molecule has 0 radical (unpaired) electrons. The van der Waals surface area contributed by atoms with Crippen molar-refractivity contribution in [1.82, 2.24) is 0 Å². The minimum absolute atomic E-state index is 0.0346. The van der Waals surface area contributed by atoms with Gasteiger partial charge < -0.3 is 24.8 Å². The van der Waals surface area contributed by atoms with Crippen LogP contribution in [0, 0.1) is 27.7 Å². The number of phenols is 2. The molecule has 162 valence electrons. The molecule has 3 aromatic carbocycles. The van der Waals surface area contributed by atoms with Gasteiger partial charge in [-0.2, -0.15) is 0 Å². The number of benzene rings is 3. The van der Waals surface area contributed by atoms with Gasteiger partial charge in [-0.25, -0.2) is 9.59 Å². The Morgan fingerprint density at radius 1 is 0.875 bits per heavy atom. The van der Waals surface area contributed by atoms with Crippen molar-refractivity contribution >= 4 is 11.9 Å². The molecule has 7 nitrogen and oxygen atoms in total. The topological polar surface area (TPSA) is 113 Å². The van der Waals surface area contributed by atoms with Gasteiger partial charge in [0, 0.05) is 23.3 Å². The predicted molar refractivity (Wildman–Crippen MR) is 114 cm³/mol. The minimum atomic E-state index is -1.49. The van der Waals surface area contributed by atoms with E-state index in [1.165, 1.54) is 24.3 Å². The second-order valence-corrected chi connectivity index (χ2v) is 8.29. The zero-order chi connectivity index (χ0) is 23.1. The zero-order valence-corrected chi connectivity index (χ0v) is 17.9. The first kappa shape index (κ1) is 19.9. The van der Waals surface area contributed by atoms with Crippen LogP contribution < -0.4 is 4.74 Å². The quantitative estimate of drug-likeness (QED) is 0.482. The van der Waals surface area contributed by atoms with Gasteiger partial charge in [-0.3, -0.25) is 0 Å². The number of fused-ring (bicyclic) bond motifs is 6. The molecule has 5 rings (SSSR count). The first-order chi connectivity index (χ1) is 15.1. The number of carboxylic acids is 1. The van der Waals surface area contributed by atoms with E-state index in [0.717, 1.165) is 0 Å². The van der Waals surface area contributed by atoms with Gasteiger partial charge in [-0.1, -0.05) is 0 Å². The highest BCUT2D eigenvalue weighted by Gasteiger charge is 2.56. The third-order valence-electron chi connectivity index (χ3n) is 6.53. The van der Waals surface area contributed by atoms with Crippen LogP contribution in [0.1, 0.15) is 59.7 Å². The molecule has 0 saturated carbocycles. The molecule has 3 N–H and O–H groups in total. The zero-order valence-electron chi connectivity index (χ0n) is 17.9. The van der Waals surface area contributed by atoms with Gasteiger partial charge in [0.15, 0.2) is 5.60 Å². The van der Waals surface area contributed by atoms with Crippen molar-refractivity contribution in [3.8, 4) is 23.0 Å². The van der Waals surface area contributed by atoms with E-state index in [4.69, 9.17) is 9.47 Å². The maximum Gasteiger partial charge on any atom is 0.340 e. The number of aromatic hydroxyl groups is 2. The number of ether oxygens (including phenoxy) is 2. The number of aromatic carboxylic acids is 1. The molecule has 0 fully saturated rings. The Morgan fingerprint density at radius 3 is 2.25 bits per heavy atom.